The number of carbonyl (C=O) groups is 1. The molecular weight excluding hydrogens is 190 g/mol. The maximum atomic E-state index is 10.7. The van der Waals surface area contributed by atoms with Gasteiger partial charge in [-0.05, 0) is 29.9 Å². The highest BCUT2D eigenvalue weighted by Crippen LogP contribution is 2.26. The predicted molar refractivity (Wildman–Crippen MR) is 58.7 cm³/mol. The second-order valence-corrected chi connectivity index (χ2v) is 4.21. The molecule has 0 fully saturated rings. The van der Waals surface area contributed by atoms with Crippen LogP contribution in [0.2, 0.25) is 0 Å². The van der Waals surface area contributed by atoms with Crippen molar-refractivity contribution in [2.45, 2.75) is 32.6 Å². The molecule has 0 aliphatic carbocycles. The molecule has 0 unspecified atom stereocenters. The summed E-state index contributed by atoms with van der Waals surface area (Å²) in [5.74, 6) is -0.171. The minimum Gasteiger partial charge on any atom is -0.481 e. The maximum absolute atomic E-state index is 10.7. The Kier molecular flexibility index (Phi) is 4.28. The molecule has 82 valence electrons. The molecule has 0 amide bonds. The van der Waals surface area contributed by atoms with Crippen molar-refractivity contribution in [1.82, 2.24) is 4.98 Å². The van der Waals surface area contributed by atoms with Gasteiger partial charge in [0.1, 0.15) is 0 Å². The summed E-state index contributed by atoms with van der Waals surface area (Å²) >= 11 is 0. The van der Waals surface area contributed by atoms with Crippen molar-refractivity contribution in [3.63, 3.8) is 0 Å². The van der Waals surface area contributed by atoms with Gasteiger partial charge in [0.2, 0.25) is 0 Å². The molecule has 15 heavy (non-hydrogen) atoms. The van der Waals surface area contributed by atoms with Gasteiger partial charge in [0.15, 0.2) is 0 Å². The molecule has 1 aromatic rings. The van der Waals surface area contributed by atoms with Crippen LogP contribution in [0.4, 0.5) is 0 Å². The lowest BCUT2D eigenvalue weighted by molar-refractivity contribution is -0.137. The summed E-state index contributed by atoms with van der Waals surface area (Å²) in [6, 6.07) is 3.80. The van der Waals surface area contributed by atoms with Crippen molar-refractivity contribution in [3.8, 4) is 0 Å². The molecule has 1 N–H and O–H groups in total. The average molecular weight is 207 g/mol. The lowest BCUT2D eigenvalue weighted by Gasteiger charge is -2.16. The van der Waals surface area contributed by atoms with E-state index in [0.717, 1.165) is 12.0 Å². The zero-order valence-corrected chi connectivity index (χ0v) is 9.18. The Labute approximate surface area is 90.2 Å². The van der Waals surface area contributed by atoms with Crippen LogP contribution in [0.5, 0.6) is 0 Å². The lowest BCUT2D eigenvalue weighted by atomic mass is 9.89. The predicted octanol–water partition coefficient (Wildman–Crippen LogP) is 2.69. The fourth-order valence-electron chi connectivity index (χ4n) is 1.73. The number of hydrogen-bond acceptors (Lipinski definition) is 2. The average Bonchev–Trinajstić information content (AvgIpc) is 2.17. The number of pyridine rings is 1. The van der Waals surface area contributed by atoms with Crippen LogP contribution in [0, 0.1) is 5.92 Å². The largest absolute Gasteiger partial charge is 0.481 e. The number of hydrogen-bond donors (Lipinski definition) is 1. The number of aliphatic carboxylic acids is 1. The third kappa shape index (κ3) is 4.11. The van der Waals surface area contributed by atoms with Crippen LogP contribution in [0.1, 0.15) is 38.2 Å². The van der Waals surface area contributed by atoms with Crippen molar-refractivity contribution >= 4 is 5.97 Å². The summed E-state index contributed by atoms with van der Waals surface area (Å²) in [6.45, 7) is 4.20. The van der Waals surface area contributed by atoms with Crippen LogP contribution in [-0.4, -0.2) is 16.1 Å². The number of carboxylic acids is 1. The Morgan fingerprint density at radius 1 is 1.53 bits per heavy atom. The van der Waals surface area contributed by atoms with E-state index in [1.54, 1.807) is 12.4 Å². The minimum atomic E-state index is -0.746. The topological polar surface area (TPSA) is 50.2 Å². The van der Waals surface area contributed by atoms with Gasteiger partial charge in [0, 0.05) is 12.4 Å². The molecule has 3 heteroatoms. The van der Waals surface area contributed by atoms with E-state index in [0.29, 0.717) is 5.92 Å². The Balaban J connectivity index is 2.76. The van der Waals surface area contributed by atoms with E-state index in [-0.39, 0.29) is 12.3 Å². The van der Waals surface area contributed by atoms with Gasteiger partial charge in [0.05, 0.1) is 6.42 Å². The minimum absolute atomic E-state index is 0.0798. The molecule has 0 aromatic carbocycles. The molecule has 1 rings (SSSR count). The zero-order chi connectivity index (χ0) is 11.3. The van der Waals surface area contributed by atoms with E-state index in [2.05, 4.69) is 18.8 Å². The van der Waals surface area contributed by atoms with E-state index in [4.69, 9.17) is 5.11 Å². The van der Waals surface area contributed by atoms with Crippen molar-refractivity contribution in [3.05, 3.63) is 30.1 Å². The molecule has 0 radical (unpaired) electrons. The molecule has 1 aromatic heterocycles. The van der Waals surface area contributed by atoms with Crippen LogP contribution in [0.15, 0.2) is 24.5 Å². The molecule has 0 spiro atoms. The van der Waals surface area contributed by atoms with Gasteiger partial charge in [0.25, 0.3) is 0 Å². The van der Waals surface area contributed by atoms with Gasteiger partial charge < -0.3 is 5.11 Å². The third-order valence-electron chi connectivity index (χ3n) is 2.33. The lowest BCUT2D eigenvalue weighted by Crippen LogP contribution is -2.09. The summed E-state index contributed by atoms with van der Waals surface area (Å²) in [5.41, 5.74) is 1.02. The standard InChI is InChI=1S/C12H17NO2/c1-9(2)6-11(7-12(14)15)10-4-3-5-13-8-10/h3-5,8-9,11H,6-7H2,1-2H3,(H,14,15)/t11-/m0/s1. The van der Waals surface area contributed by atoms with Crippen molar-refractivity contribution in [2.75, 3.05) is 0 Å². The Hall–Kier alpha value is -1.38. The summed E-state index contributed by atoms with van der Waals surface area (Å²) < 4.78 is 0. The quantitative estimate of drug-likeness (QED) is 0.807. The molecule has 0 bridgehead atoms. The first-order valence-corrected chi connectivity index (χ1v) is 5.21. The van der Waals surface area contributed by atoms with Crippen LogP contribution >= 0.6 is 0 Å². The Morgan fingerprint density at radius 3 is 2.73 bits per heavy atom. The number of rotatable bonds is 5. The highest BCUT2D eigenvalue weighted by molar-refractivity contribution is 5.68. The molecule has 1 atom stereocenters. The monoisotopic (exact) mass is 207 g/mol. The van der Waals surface area contributed by atoms with E-state index >= 15 is 0 Å². The molecule has 0 aliphatic heterocycles. The van der Waals surface area contributed by atoms with E-state index < -0.39 is 5.97 Å². The first-order valence-electron chi connectivity index (χ1n) is 5.21. The van der Waals surface area contributed by atoms with Crippen molar-refractivity contribution in [1.29, 1.82) is 0 Å². The van der Waals surface area contributed by atoms with E-state index in [1.807, 2.05) is 12.1 Å². The number of aromatic nitrogens is 1. The summed E-state index contributed by atoms with van der Waals surface area (Å²) in [7, 11) is 0. The van der Waals surface area contributed by atoms with Gasteiger partial charge in [-0.3, -0.25) is 9.78 Å². The summed E-state index contributed by atoms with van der Waals surface area (Å²) in [6.07, 6.45) is 4.54. The molecule has 0 saturated carbocycles. The van der Waals surface area contributed by atoms with Gasteiger partial charge in [-0.2, -0.15) is 0 Å². The van der Waals surface area contributed by atoms with Crippen molar-refractivity contribution in [2.24, 2.45) is 5.92 Å². The Bertz CT molecular complexity index is 309. The molecule has 0 aliphatic rings. The van der Waals surface area contributed by atoms with Crippen LogP contribution in [0.3, 0.4) is 0 Å². The van der Waals surface area contributed by atoms with Gasteiger partial charge in [-0.25, -0.2) is 0 Å². The number of nitrogens with zero attached hydrogens (tertiary/aromatic N) is 1. The van der Waals surface area contributed by atoms with Crippen LogP contribution < -0.4 is 0 Å². The highest BCUT2D eigenvalue weighted by atomic mass is 16.4. The smallest absolute Gasteiger partial charge is 0.303 e. The van der Waals surface area contributed by atoms with Crippen molar-refractivity contribution < 1.29 is 9.90 Å². The van der Waals surface area contributed by atoms with Crippen LogP contribution in [0.25, 0.3) is 0 Å². The Morgan fingerprint density at radius 2 is 2.27 bits per heavy atom. The first kappa shape index (κ1) is 11.7. The molecule has 0 saturated heterocycles. The van der Waals surface area contributed by atoms with Gasteiger partial charge >= 0.3 is 5.97 Å². The van der Waals surface area contributed by atoms with Gasteiger partial charge in [-0.1, -0.05) is 19.9 Å². The second kappa shape index (κ2) is 5.49. The first-order chi connectivity index (χ1) is 7.09. The van der Waals surface area contributed by atoms with Crippen LogP contribution in [-0.2, 0) is 4.79 Å². The zero-order valence-electron chi connectivity index (χ0n) is 9.18. The third-order valence-corrected chi connectivity index (χ3v) is 2.33. The second-order valence-electron chi connectivity index (χ2n) is 4.21. The number of carboxylic acid groups (broad SMARTS) is 1. The van der Waals surface area contributed by atoms with E-state index in [9.17, 15) is 4.79 Å². The van der Waals surface area contributed by atoms with E-state index in [1.165, 1.54) is 0 Å². The fourth-order valence-corrected chi connectivity index (χ4v) is 1.73. The SMILES string of the molecule is CC(C)C[C@@H](CC(=O)O)c1cccnc1. The van der Waals surface area contributed by atoms with Gasteiger partial charge in [-0.15, -0.1) is 0 Å². The normalized spacial score (nSPS) is 12.7. The fraction of sp³-hybridized carbons (Fsp3) is 0.500. The molecule has 1 heterocycles. The molecular formula is C12H17NO2. The molecule has 3 nitrogen and oxygen atoms in total. The maximum Gasteiger partial charge on any atom is 0.303 e. The highest BCUT2D eigenvalue weighted by Gasteiger charge is 2.16. The summed E-state index contributed by atoms with van der Waals surface area (Å²) in [5, 5.41) is 8.84. The summed E-state index contributed by atoms with van der Waals surface area (Å²) in [4.78, 5) is 14.8.